The van der Waals surface area contributed by atoms with Crippen molar-refractivity contribution in [2.75, 3.05) is 13.1 Å². The van der Waals surface area contributed by atoms with Gasteiger partial charge in [-0.2, -0.15) is 13.2 Å². The van der Waals surface area contributed by atoms with Gasteiger partial charge < -0.3 is 5.73 Å². The van der Waals surface area contributed by atoms with E-state index in [9.17, 15) is 13.2 Å². The van der Waals surface area contributed by atoms with Crippen LogP contribution in [0.2, 0.25) is 0 Å². The number of benzene rings is 1. The van der Waals surface area contributed by atoms with Gasteiger partial charge in [-0.05, 0) is 37.4 Å². The molecule has 0 aromatic heterocycles. The van der Waals surface area contributed by atoms with Crippen LogP contribution >= 0.6 is 0 Å². The van der Waals surface area contributed by atoms with Gasteiger partial charge in [-0.3, -0.25) is 4.90 Å². The zero-order valence-corrected chi connectivity index (χ0v) is 11.7. The maximum absolute atomic E-state index is 13.0. The van der Waals surface area contributed by atoms with Crippen molar-refractivity contribution in [2.24, 2.45) is 5.73 Å². The molecule has 5 heteroatoms. The highest BCUT2D eigenvalue weighted by Crippen LogP contribution is 2.34. The lowest BCUT2D eigenvalue weighted by molar-refractivity contribution is -0.138. The fourth-order valence-electron chi connectivity index (χ4n) is 3.03. The van der Waals surface area contributed by atoms with Crippen LogP contribution in [-0.2, 0) is 6.18 Å². The second-order valence-corrected chi connectivity index (χ2v) is 5.39. The standard InChI is InChI=1S/C15H21F3N2/c1-2-11-6-5-9-20(11)10-14(19)12-7-3-4-8-13(12)15(16,17)18/h3-4,7-8,11,14H,2,5-6,9-10,19H2,1H3. The first-order valence-corrected chi connectivity index (χ1v) is 7.09. The highest BCUT2D eigenvalue weighted by molar-refractivity contribution is 5.32. The molecule has 2 rings (SSSR count). The van der Waals surface area contributed by atoms with Gasteiger partial charge in [0.1, 0.15) is 0 Å². The van der Waals surface area contributed by atoms with E-state index in [2.05, 4.69) is 11.8 Å². The number of halogens is 3. The summed E-state index contributed by atoms with van der Waals surface area (Å²) in [6.07, 6.45) is -1.10. The van der Waals surface area contributed by atoms with Crippen molar-refractivity contribution in [3.05, 3.63) is 35.4 Å². The van der Waals surface area contributed by atoms with E-state index in [-0.39, 0.29) is 5.56 Å². The number of hydrogen-bond donors (Lipinski definition) is 1. The maximum Gasteiger partial charge on any atom is 0.416 e. The quantitative estimate of drug-likeness (QED) is 0.916. The molecule has 0 bridgehead atoms. The molecule has 2 unspecified atom stereocenters. The normalized spacial score (nSPS) is 22.1. The Morgan fingerprint density at radius 3 is 2.70 bits per heavy atom. The van der Waals surface area contributed by atoms with Crippen LogP contribution in [-0.4, -0.2) is 24.0 Å². The van der Waals surface area contributed by atoms with Crippen molar-refractivity contribution in [1.82, 2.24) is 4.90 Å². The molecule has 2 N–H and O–H groups in total. The van der Waals surface area contributed by atoms with Crippen LogP contribution in [0.25, 0.3) is 0 Å². The van der Waals surface area contributed by atoms with Gasteiger partial charge in [0, 0.05) is 18.6 Å². The summed E-state index contributed by atoms with van der Waals surface area (Å²) < 4.78 is 39.0. The highest BCUT2D eigenvalue weighted by Gasteiger charge is 2.35. The van der Waals surface area contributed by atoms with Crippen LogP contribution < -0.4 is 5.73 Å². The Morgan fingerprint density at radius 2 is 2.05 bits per heavy atom. The number of alkyl halides is 3. The molecule has 1 aromatic carbocycles. The molecule has 20 heavy (non-hydrogen) atoms. The largest absolute Gasteiger partial charge is 0.416 e. The summed E-state index contributed by atoms with van der Waals surface area (Å²) in [6, 6.07) is 5.48. The van der Waals surface area contributed by atoms with Gasteiger partial charge in [0.15, 0.2) is 0 Å². The summed E-state index contributed by atoms with van der Waals surface area (Å²) in [5.74, 6) is 0. The van der Waals surface area contributed by atoms with Gasteiger partial charge in [-0.15, -0.1) is 0 Å². The third-order valence-corrected chi connectivity index (χ3v) is 4.07. The van der Waals surface area contributed by atoms with E-state index in [1.54, 1.807) is 6.07 Å². The van der Waals surface area contributed by atoms with Crippen molar-refractivity contribution in [2.45, 2.75) is 44.4 Å². The third-order valence-electron chi connectivity index (χ3n) is 4.07. The van der Waals surface area contributed by atoms with Crippen LogP contribution in [0.15, 0.2) is 24.3 Å². The highest BCUT2D eigenvalue weighted by atomic mass is 19.4. The van der Waals surface area contributed by atoms with Crippen molar-refractivity contribution in [3.63, 3.8) is 0 Å². The van der Waals surface area contributed by atoms with Crippen molar-refractivity contribution in [1.29, 1.82) is 0 Å². The van der Waals surface area contributed by atoms with Crippen molar-refractivity contribution < 1.29 is 13.2 Å². The number of nitrogens with two attached hydrogens (primary N) is 1. The van der Waals surface area contributed by atoms with Crippen LogP contribution in [0.4, 0.5) is 13.2 Å². The Morgan fingerprint density at radius 1 is 1.35 bits per heavy atom. The molecule has 1 saturated heterocycles. The zero-order chi connectivity index (χ0) is 14.8. The Hall–Kier alpha value is -1.07. The summed E-state index contributed by atoms with van der Waals surface area (Å²) in [4.78, 5) is 2.22. The van der Waals surface area contributed by atoms with Gasteiger partial charge in [0.2, 0.25) is 0 Å². The van der Waals surface area contributed by atoms with E-state index >= 15 is 0 Å². The molecular formula is C15H21F3N2. The second-order valence-electron chi connectivity index (χ2n) is 5.39. The van der Waals surface area contributed by atoms with Gasteiger partial charge in [-0.25, -0.2) is 0 Å². The first-order valence-electron chi connectivity index (χ1n) is 7.09. The average molecular weight is 286 g/mol. The summed E-state index contributed by atoms with van der Waals surface area (Å²) in [7, 11) is 0. The predicted molar refractivity (Wildman–Crippen MR) is 73.3 cm³/mol. The van der Waals surface area contributed by atoms with E-state index < -0.39 is 17.8 Å². The lowest BCUT2D eigenvalue weighted by Crippen LogP contribution is -2.36. The summed E-state index contributed by atoms with van der Waals surface area (Å²) in [5.41, 5.74) is 5.63. The Labute approximate surface area is 117 Å². The lowest BCUT2D eigenvalue weighted by atomic mass is 9.99. The third kappa shape index (κ3) is 3.33. The lowest BCUT2D eigenvalue weighted by Gasteiger charge is -2.27. The monoisotopic (exact) mass is 286 g/mol. The number of hydrogen-bond acceptors (Lipinski definition) is 2. The summed E-state index contributed by atoms with van der Waals surface area (Å²) >= 11 is 0. The molecule has 2 atom stereocenters. The first-order chi connectivity index (χ1) is 9.43. The average Bonchev–Trinajstić information content (AvgIpc) is 2.85. The fourth-order valence-corrected chi connectivity index (χ4v) is 3.03. The molecule has 0 spiro atoms. The van der Waals surface area contributed by atoms with Crippen LogP contribution in [0.5, 0.6) is 0 Å². The minimum absolute atomic E-state index is 0.196. The Bertz CT molecular complexity index is 445. The van der Waals surface area contributed by atoms with E-state index in [0.29, 0.717) is 12.6 Å². The molecule has 2 nitrogen and oxygen atoms in total. The first kappa shape index (κ1) is 15.3. The SMILES string of the molecule is CCC1CCCN1CC(N)c1ccccc1C(F)(F)F. The molecular weight excluding hydrogens is 265 g/mol. The van der Waals surface area contributed by atoms with Crippen LogP contribution in [0.1, 0.15) is 43.4 Å². The zero-order valence-electron chi connectivity index (χ0n) is 11.7. The van der Waals surface area contributed by atoms with Crippen molar-refractivity contribution >= 4 is 0 Å². The topological polar surface area (TPSA) is 29.3 Å². The molecule has 1 aromatic rings. The van der Waals surface area contributed by atoms with Crippen molar-refractivity contribution in [3.8, 4) is 0 Å². The van der Waals surface area contributed by atoms with E-state index in [0.717, 1.165) is 31.9 Å². The number of likely N-dealkylation sites (tertiary alicyclic amines) is 1. The number of nitrogens with zero attached hydrogens (tertiary/aromatic N) is 1. The summed E-state index contributed by atoms with van der Waals surface area (Å²) in [5, 5.41) is 0. The fraction of sp³-hybridized carbons (Fsp3) is 0.600. The molecule has 1 aliphatic heterocycles. The molecule has 1 heterocycles. The minimum Gasteiger partial charge on any atom is -0.323 e. The van der Waals surface area contributed by atoms with E-state index in [4.69, 9.17) is 5.73 Å². The molecule has 0 saturated carbocycles. The molecule has 0 amide bonds. The van der Waals surface area contributed by atoms with Crippen LogP contribution in [0.3, 0.4) is 0 Å². The van der Waals surface area contributed by atoms with E-state index in [1.165, 1.54) is 12.1 Å². The Kier molecular flexibility index (Phi) is 4.70. The van der Waals surface area contributed by atoms with Gasteiger partial charge >= 0.3 is 6.18 Å². The molecule has 0 aliphatic carbocycles. The molecule has 1 fully saturated rings. The predicted octanol–water partition coefficient (Wildman–Crippen LogP) is 3.58. The molecule has 112 valence electrons. The number of rotatable bonds is 4. The summed E-state index contributed by atoms with van der Waals surface area (Å²) in [6.45, 7) is 3.53. The van der Waals surface area contributed by atoms with Crippen LogP contribution in [0, 0.1) is 0 Å². The smallest absolute Gasteiger partial charge is 0.323 e. The van der Waals surface area contributed by atoms with Gasteiger partial charge in [0.25, 0.3) is 0 Å². The van der Waals surface area contributed by atoms with Gasteiger partial charge in [0.05, 0.1) is 5.56 Å². The van der Waals surface area contributed by atoms with E-state index in [1.807, 2.05) is 0 Å². The molecule has 1 aliphatic rings. The second kappa shape index (κ2) is 6.14. The Balaban J connectivity index is 2.15. The van der Waals surface area contributed by atoms with Gasteiger partial charge in [-0.1, -0.05) is 25.1 Å². The minimum atomic E-state index is -4.34. The maximum atomic E-state index is 13.0. The molecule has 0 radical (unpaired) electrons.